The Balaban J connectivity index is 1.63. The molecule has 0 saturated heterocycles. The normalized spacial score (nSPS) is 17.2. The highest BCUT2D eigenvalue weighted by Crippen LogP contribution is 2.39. The maximum atomic E-state index is 12.5. The summed E-state index contributed by atoms with van der Waals surface area (Å²) in [6.45, 7) is 5.51. The standard InChI is InChI=1S/C21H25N3OS/c1-14-4-7-16(8-5-14)12-24(3)13-20(25)23-21-18(11-22)17-9-6-15(2)10-19(17)26-21/h4-5,7-8,15H,6,9-10,12-13H2,1-3H3,(H,23,25)/p+1/t15-/m0/s1. The van der Waals surface area contributed by atoms with Crippen molar-refractivity contribution in [2.75, 3.05) is 18.9 Å². The molecule has 1 aromatic carbocycles. The first kappa shape index (κ1) is 18.6. The summed E-state index contributed by atoms with van der Waals surface area (Å²) in [6.07, 6.45) is 3.09. The number of nitriles is 1. The molecule has 1 aromatic heterocycles. The van der Waals surface area contributed by atoms with Crippen LogP contribution in [0.15, 0.2) is 24.3 Å². The van der Waals surface area contributed by atoms with Gasteiger partial charge in [-0.2, -0.15) is 5.26 Å². The van der Waals surface area contributed by atoms with Gasteiger partial charge in [0.2, 0.25) is 0 Å². The van der Waals surface area contributed by atoms with E-state index in [9.17, 15) is 10.1 Å². The molecule has 2 N–H and O–H groups in total. The molecular weight excluding hydrogens is 342 g/mol. The summed E-state index contributed by atoms with van der Waals surface area (Å²) in [7, 11) is 2.02. The van der Waals surface area contributed by atoms with E-state index in [0.29, 0.717) is 18.0 Å². The molecule has 0 bridgehead atoms. The van der Waals surface area contributed by atoms with Crippen molar-refractivity contribution in [3.05, 3.63) is 51.4 Å². The molecule has 26 heavy (non-hydrogen) atoms. The Morgan fingerprint density at radius 1 is 1.38 bits per heavy atom. The maximum Gasteiger partial charge on any atom is 0.280 e. The first-order chi connectivity index (χ1) is 12.5. The molecule has 1 unspecified atom stereocenters. The zero-order valence-electron chi connectivity index (χ0n) is 15.7. The molecule has 2 atom stereocenters. The number of anilines is 1. The number of rotatable bonds is 5. The number of quaternary nitrogens is 1. The average Bonchev–Trinajstić information content (AvgIpc) is 2.92. The van der Waals surface area contributed by atoms with Crippen LogP contribution >= 0.6 is 11.3 Å². The van der Waals surface area contributed by atoms with Crippen molar-refractivity contribution in [3.8, 4) is 6.07 Å². The molecule has 3 rings (SSSR count). The van der Waals surface area contributed by atoms with Gasteiger partial charge >= 0.3 is 0 Å². The van der Waals surface area contributed by atoms with Crippen LogP contribution in [-0.2, 0) is 24.2 Å². The SMILES string of the molecule is Cc1ccc(C[NH+](C)CC(=O)Nc2sc3c(c2C#N)CC[C@H](C)C3)cc1. The van der Waals surface area contributed by atoms with Crippen LogP contribution < -0.4 is 10.2 Å². The molecule has 1 heterocycles. The van der Waals surface area contributed by atoms with E-state index in [1.807, 2.05) is 7.05 Å². The van der Waals surface area contributed by atoms with E-state index in [2.05, 4.69) is 49.5 Å². The summed E-state index contributed by atoms with van der Waals surface area (Å²) in [5.74, 6) is 0.624. The van der Waals surface area contributed by atoms with E-state index in [4.69, 9.17) is 0 Å². The van der Waals surface area contributed by atoms with E-state index >= 15 is 0 Å². The third-order valence-electron chi connectivity index (χ3n) is 4.97. The van der Waals surface area contributed by atoms with Gasteiger partial charge in [0.1, 0.15) is 17.6 Å². The number of nitrogens with one attached hydrogen (secondary N) is 2. The Hall–Kier alpha value is -2.16. The van der Waals surface area contributed by atoms with Gasteiger partial charge in [0.05, 0.1) is 12.6 Å². The second kappa shape index (κ2) is 8.03. The van der Waals surface area contributed by atoms with Crippen LogP contribution in [0.5, 0.6) is 0 Å². The summed E-state index contributed by atoms with van der Waals surface area (Å²) < 4.78 is 0. The Morgan fingerprint density at radius 3 is 2.81 bits per heavy atom. The van der Waals surface area contributed by atoms with Crippen LogP contribution in [0, 0.1) is 24.2 Å². The molecular formula is C21H26N3OS+. The third kappa shape index (κ3) is 4.32. The Labute approximate surface area is 159 Å². The summed E-state index contributed by atoms with van der Waals surface area (Å²) in [5, 5.41) is 13.3. The summed E-state index contributed by atoms with van der Waals surface area (Å²) in [6, 6.07) is 10.7. The van der Waals surface area contributed by atoms with Gasteiger partial charge < -0.3 is 10.2 Å². The molecule has 1 aliphatic rings. The number of aryl methyl sites for hydroxylation is 1. The van der Waals surface area contributed by atoms with Gasteiger partial charge in [0, 0.05) is 10.4 Å². The molecule has 2 aromatic rings. The zero-order valence-corrected chi connectivity index (χ0v) is 16.5. The van der Waals surface area contributed by atoms with Gasteiger partial charge in [0.25, 0.3) is 5.91 Å². The molecule has 0 aliphatic heterocycles. The number of amides is 1. The maximum absolute atomic E-state index is 12.5. The first-order valence-corrected chi connectivity index (χ1v) is 9.99. The predicted molar refractivity (Wildman–Crippen MR) is 105 cm³/mol. The highest BCUT2D eigenvalue weighted by atomic mass is 32.1. The number of hydrogen-bond donors (Lipinski definition) is 2. The van der Waals surface area contributed by atoms with Crippen molar-refractivity contribution < 1.29 is 9.69 Å². The number of carbonyl (C=O) groups is 1. The van der Waals surface area contributed by atoms with Crippen LogP contribution in [0.4, 0.5) is 5.00 Å². The largest absolute Gasteiger partial charge is 0.326 e. The van der Waals surface area contributed by atoms with Gasteiger partial charge in [0.15, 0.2) is 6.54 Å². The molecule has 1 aliphatic carbocycles. The lowest BCUT2D eigenvalue weighted by Gasteiger charge is -2.17. The number of fused-ring (bicyclic) bond motifs is 1. The average molecular weight is 369 g/mol. The number of likely N-dealkylation sites (N-methyl/N-ethyl adjacent to an activating group) is 1. The molecule has 0 radical (unpaired) electrons. The van der Waals surface area contributed by atoms with Gasteiger partial charge in [-0.1, -0.05) is 36.8 Å². The van der Waals surface area contributed by atoms with Crippen molar-refractivity contribution in [1.29, 1.82) is 5.26 Å². The molecule has 0 saturated carbocycles. The van der Waals surface area contributed by atoms with E-state index < -0.39 is 0 Å². The summed E-state index contributed by atoms with van der Waals surface area (Å²) in [4.78, 5) is 14.9. The number of thiophene rings is 1. The van der Waals surface area contributed by atoms with E-state index in [0.717, 1.165) is 41.3 Å². The molecule has 4 nitrogen and oxygen atoms in total. The number of benzene rings is 1. The van der Waals surface area contributed by atoms with Gasteiger partial charge in [-0.25, -0.2) is 0 Å². The first-order valence-electron chi connectivity index (χ1n) is 9.17. The lowest BCUT2D eigenvalue weighted by atomic mass is 9.89. The quantitative estimate of drug-likeness (QED) is 0.853. The minimum absolute atomic E-state index is 0.0299. The summed E-state index contributed by atoms with van der Waals surface area (Å²) >= 11 is 1.59. The predicted octanol–water partition coefficient (Wildman–Crippen LogP) is 2.71. The van der Waals surface area contributed by atoms with Crippen LogP contribution in [0.25, 0.3) is 0 Å². The Bertz CT molecular complexity index is 832. The highest BCUT2D eigenvalue weighted by Gasteiger charge is 2.25. The number of hydrogen-bond acceptors (Lipinski definition) is 3. The fraction of sp³-hybridized carbons (Fsp3) is 0.429. The van der Waals surface area contributed by atoms with Crippen molar-refractivity contribution in [2.45, 2.75) is 39.7 Å². The van der Waals surface area contributed by atoms with Gasteiger partial charge in [-0.3, -0.25) is 4.79 Å². The monoisotopic (exact) mass is 368 g/mol. The minimum atomic E-state index is -0.0299. The Morgan fingerprint density at radius 2 is 2.12 bits per heavy atom. The fourth-order valence-electron chi connectivity index (χ4n) is 3.52. The lowest BCUT2D eigenvalue weighted by Crippen LogP contribution is -3.08. The van der Waals surface area contributed by atoms with Crippen LogP contribution in [0.3, 0.4) is 0 Å². The highest BCUT2D eigenvalue weighted by molar-refractivity contribution is 7.16. The molecule has 136 valence electrons. The van der Waals surface area contributed by atoms with Gasteiger partial charge in [-0.05, 0) is 37.7 Å². The van der Waals surface area contributed by atoms with Crippen molar-refractivity contribution in [3.63, 3.8) is 0 Å². The van der Waals surface area contributed by atoms with E-state index in [1.165, 1.54) is 16.0 Å². The lowest BCUT2D eigenvalue weighted by molar-refractivity contribution is -0.885. The second-order valence-corrected chi connectivity index (χ2v) is 8.62. The van der Waals surface area contributed by atoms with E-state index in [1.54, 1.807) is 11.3 Å². The molecule has 1 amide bonds. The van der Waals surface area contributed by atoms with Gasteiger partial charge in [-0.15, -0.1) is 11.3 Å². The second-order valence-electron chi connectivity index (χ2n) is 7.51. The van der Waals surface area contributed by atoms with E-state index in [-0.39, 0.29) is 5.91 Å². The van der Waals surface area contributed by atoms with Crippen LogP contribution in [0.2, 0.25) is 0 Å². The van der Waals surface area contributed by atoms with Crippen LogP contribution in [-0.4, -0.2) is 19.5 Å². The number of carbonyl (C=O) groups excluding carboxylic acids is 1. The summed E-state index contributed by atoms with van der Waals surface area (Å²) in [5.41, 5.74) is 4.30. The van der Waals surface area contributed by atoms with Crippen molar-refractivity contribution in [1.82, 2.24) is 0 Å². The smallest absolute Gasteiger partial charge is 0.280 e. The Kier molecular flexibility index (Phi) is 5.75. The van der Waals surface area contributed by atoms with Crippen LogP contribution in [0.1, 0.15) is 40.5 Å². The topological polar surface area (TPSA) is 57.3 Å². The minimum Gasteiger partial charge on any atom is -0.326 e. The van der Waals surface area contributed by atoms with Crippen molar-refractivity contribution in [2.24, 2.45) is 5.92 Å². The van der Waals surface area contributed by atoms with Crippen molar-refractivity contribution >= 4 is 22.2 Å². The molecule has 0 fully saturated rings. The zero-order chi connectivity index (χ0) is 18.7. The molecule has 0 spiro atoms. The third-order valence-corrected chi connectivity index (χ3v) is 6.14. The molecule has 5 heteroatoms. The number of nitrogens with zero attached hydrogens (tertiary/aromatic N) is 1. The fourth-order valence-corrected chi connectivity index (χ4v) is 4.90.